The molecule has 3 nitrogen and oxygen atoms in total. The van der Waals surface area contributed by atoms with Crippen LogP contribution in [0.15, 0.2) is 0 Å². The maximum atomic E-state index is 9.03. The minimum Gasteiger partial charge on any atom is -0.317 e. The summed E-state index contributed by atoms with van der Waals surface area (Å²) in [5.74, 6) is 0.113. The van der Waals surface area contributed by atoms with Crippen LogP contribution < -0.4 is 5.32 Å². The average molecular weight is 177 g/mol. The SMILES string of the molecule is N#CC1CCC(=N)C12CCNCC2. The van der Waals surface area contributed by atoms with Crippen molar-refractivity contribution in [2.75, 3.05) is 13.1 Å². The molecule has 1 unspecified atom stereocenters. The molecule has 0 amide bonds. The van der Waals surface area contributed by atoms with E-state index in [1.807, 2.05) is 0 Å². The Morgan fingerprint density at radius 3 is 2.77 bits per heavy atom. The second kappa shape index (κ2) is 3.12. The molecule has 0 aromatic heterocycles. The smallest absolute Gasteiger partial charge is 0.0665 e. The largest absolute Gasteiger partial charge is 0.317 e. The second-order valence-electron chi connectivity index (χ2n) is 4.11. The van der Waals surface area contributed by atoms with E-state index in [-0.39, 0.29) is 11.3 Å². The molecule has 2 N–H and O–H groups in total. The van der Waals surface area contributed by atoms with E-state index >= 15 is 0 Å². The van der Waals surface area contributed by atoms with Gasteiger partial charge in [0.2, 0.25) is 0 Å². The van der Waals surface area contributed by atoms with Gasteiger partial charge in [-0.2, -0.15) is 5.26 Å². The zero-order valence-corrected chi connectivity index (χ0v) is 7.77. The summed E-state index contributed by atoms with van der Waals surface area (Å²) in [6.45, 7) is 1.95. The van der Waals surface area contributed by atoms with Crippen LogP contribution in [0.2, 0.25) is 0 Å². The van der Waals surface area contributed by atoms with Gasteiger partial charge in [0, 0.05) is 11.1 Å². The van der Waals surface area contributed by atoms with E-state index in [9.17, 15) is 0 Å². The van der Waals surface area contributed by atoms with Gasteiger partial charge in [0.15, 0.2) is 0 Å². The maximum absolute atomic E-state index is 9.03. The highest BCUT2D eigenvalue weighted by atomic mass is 14.9. The van der Waals surface area contributed by atoms with E-state index in [2.05, 4.69) is 11.4 Å². The molecule has 1 aliphatic heterocycles. The predicted molar refractivity (Wildman–Crippen MR) is 50.6 cm³/mol. The van der Waals surface area contributed by atoms with Crippen LogP contribution >= 0.6 is 0 Å². The fourth-order valence-corrected chi connectivity index (χ4v) is 2.74. The van der Waals surface area contributed by atoms with Crippen molar-refractivity contribution in [3.05, 3.63) is 0 Å². The Hall–Kier alpha value is -0.880. The molecule has 1 atom stereocenters. The molecule has 13 heavy (non-hydrogen) atoms. The highest BCUT2D eigenvalue weighted by molar-refractivity contribution is 5.90. The Kier molecular flexibility index (Phi) is 2.09. The van der Waals surface area contributed by atoms with Crippen LogP contribution in [0.1, 0.15) is 25.7 Å². The lowest BCUT2D eigenvalue weighted by Gasteiger charge is -2.36. The van der Waals surface area contributed by atoms with Gasteiger partial charge >= 0.3 is 0 Å². The minimum absolute atomic E-state index is 0.0417. The predicted octanol–water partition coefficient (Wildman–Crippen LogP) is 1.31. The van der Waals surface area contributed by atoms with Gasteiger partial charge in [-0.15, -0.1) is 0 Å². The number of nitrogens with one attached hydrogen (secondary N) is 2. The third kappa shape index (κ3) is 1.17. The van der Waals surface area contributed by atoms with Gasteiger partial charge in [-0.1, -0.05) is 0 Å². The van der Waals surface area contributed by atoms with Crippen molar-refractivity contribution in [3.63, 3.8) is 0 Å². The van der Waals surface area contributed by atoms with Crippen molar-refractivity contribution in [1.82, 2.24) is 5.32 Å². The number of hydrogen-bond acceptors (Lipinski definition) is 3. The van der Waals surface area contributed by atoms with E-state index in [1.54, 1.807) is 0 Å². The van der Waals surface area contributed by atoms with Crippen molar-refractivity contribution < 1.29 is 0 Å². The summed E-state index contributed by atoms with van der Waals surface area (Å²) in [6, 6.07) is 2.39. The Bertz CT molecular complexity index is 258. The lowest BCUT2D eigenvalue weighted by Crippen LogP contribution is -2.42. The van der Waals surface area contributed by atoms with Crippen molar-refractivity contribution in [2.24, 2.45) is 11.3 Å². The molecule has 3 heteroatoms. The Balaban J connectivity index is 2.25. The minimum atomic E-state index is -0.0417. The maximum Gasteiger partial charge on any atom is 0.0665 e. The quantitative estimate of drug-likeness (QED) is 0.586. The van der Waals surface area contributed by atoms with Crippen LogP contribution in [-0.2, 0) is 0 Å². The molecule has 0 radical (unpaired) electrons. The molecule has 1 heterocycles. The zero-order chi connectivity index (χ0) is 9.31. The summed E-state index contributed by atoms with van der Waals surface area (Å²) in [6.07, 6.45) is 3.74. The van der Waals surface area contributed by atoms with Gasteiger partial charge in [-0.05, 0) is 38.8 Å². The zero-order valence-electron chi connectivity index (χ0n) is 7.77. The monoisotopic (exact) mass is 177 g/mol. The van der Waals surface area contributed by atoms with Crippen LogP contribution in [0.5, 0.6) is 0 Å². The highest BCUT2D eigenvalue weighted by Crippen LogP contribution is 2.46. The lowest BCUT2D eigenvalue weighted by molar-refractivity contribution is 0.247. The van der Waals surface area contributed by atoms with Crippen LogP contribution in [0, 0.1) is 28.1 Å². The fourth-order valence-electron chi connectivity index (χ4n) is 2.74. The van der Waals surface area contributed by atoms with Crippen LogP contribution in [0.25, 0.3) is 0 Å². The van der Waals surface area contributed by atoms with Gasteiger partial charge in [0.1, 0.15) is 0 Å². The number of nitriles is 1. The molecule has 70 valence electrons. The van der Waals surface area contributed by atoms with E-state index in [4.69, 9.17) is 10.7 Å². The molecule has 2 rings (SSSR count). The average Bonchev–Trinajstić information content (AvgIpc) is 2.46. The number of hydrogen-bond donors (Lipinski definition) is 2. The summed E-state index contributed by atoms with van der Waals surface area (Å²) < 4.78 is 0. The summed E-state index contributed by atoms with van der Waals surface area (Å²) in [5.41, 5.74) is 0.792. The first-order valence-corrected chi connectivity index (χ1v) is 4.98. The van der Waals surface area contributed by atoms with E-state index in [1.165, 1.54) is 0 Å². The number of rotatable bonds is 0. The molecular formula is C10H15N3. The molecular weight excluding hydrogens is 162 g/mol. The van der Waals surface area contributed by atoms with Crippen molar-refractivity contribution in [3.8, 4) is 6.07 Å². The highest BCUT2D eigenvalue weighted by Gasteiger charge is 2.47. The van der Waals surface area contributed by atoms with Crippen LogP contribution in [-0.4, -0.2) is 18.8 Å². The third-order valence-electron chi connectivity index (χ3n) is 3.60. The van der Waals surface area contributed by atoms with Gasteiger partial charge in [-0.3, -0.25) is 0 Å². The molecule has 0 aromatic rings. The molecule has 2 fully saturated rings. The van der Waals surface area contributed by atoms with Gasteiger partial charge in [0.05, 0.1) is 12.0 Å². The summed E-state index contributed by atoms with van der Waals surface area (Å²) in [5, 5.41) is 20.3. The van der Waals surface area contributed by atoms with E-state index in [0.717, 1.165) is 44.5 Å². The first-order chi connectivity index (χ1) is 6.29. The summed E-state index contributed by atoms with van der Waals surface area (Å²) in [4.78, 5) is 0. The Morgan fingerprint density at radius 1 is 1.46 bits per heavy atom. The number of piperidine rings is 1. The topological polar surface area (TPSA) is 59.7 Å². The van der Waals surface area contributed by atoms with Crippen molar-refractivity contribution in [1.29, 1.82) is 10.7 Å². The van der Waals surface area contributed by atoms with Crippen LogP contribution in [0.4, 0.5) is 0 Å². The summed E-state index contributed by atoms with van der Waals surface area (Å²) >= 11 is 0. The Morgan fingerprint density at radius 2 is 2.15 bits per heavy atom. The molecule has 1 saturated heterocycles. The van der Waals surface area contributed by atoms with Crippen molar-refractivity contribution >= 4 is 5.71 Å². The number of nitrogens with zero attached hydrogens (tertiary/aromatic N) is 1. The summed E-state index contributed by atoms with van der Waals surface area (Å²) in [7, 11) is 0. The molecule has 1 saturated carbocycles. The Labute approximate surface area is 78.6 Å². The van der Waals surface area contributed by atoms with E-state index < -0.39 is 0 Å². The standard InChI is InChI=1S/C10H15N3/c11-7-8-1-2-9(12)10(8)3-5-13-6-4-10/h8,12-13H,1-6H2. The second-order valence-corrected chi connectivity index (χ2v) is 4.11. The lowest BCUT2D eigenvalue weighted by atomic mass is 9.70. The molecule has 0 aromatic carbocycles. The third-order valence-corrected chi connectivity index (χ3v) is 3.60. The molecule has 1 aliphatic carbocycles. The van der Waals surface area contributed by atoms with Gasteiger partial charge < -0.3 is 10.7 Å². The molecule has 0 bridgehead atoms. The van der Waals surface area contributed by atoms with Crippen LogP contribution in [0.3, 0.4) is 0 Å². The van der Waals surface area contributed by atoms with E-state index in [0.29, 0.717) is 0 Å². The van der Waals surface area contributed by atoms with Gasteiger partial charge in [0.25, 0.3) is 0 Å². The molecule has 1 spiro atoms. The fraction of sp³-hybridized carbons (Fsp3) is 0.800. The normalized spacial score (nSPS) is 31.9. The molecule has 2 aliphatic rings. The first-order valence-electron chi connectivity index (χ1n) is 4.98. The van der Waals surface area contributed by atoms with Gasteiger partial charge in [-0.25, -0.2) is 0 Å². The first kappa shape index (κ1) is 8.71. The van der Waals surface area contributed by atoms with Crippen molar-refractivity contribution in [2.45, 2.75) is 25.7 Å².